The minimum absolute atomic E-state index is 0.0815. The predicted molar refractivity (Wildman–Crippen MR) is 129 cm³/mol. The van der Waals surface area contributed by atoms with E-state index in [4.69, 9.17) is 21.3 Å². The van der Waals surface area contributed by atoms with Crippen molar-refractivity contribution in [2.75, 3.05) is 12.4 Å². The Labute approximate surface area is 200 Å². The van der Waals surface area contributed by atoms with E-state index in [1.807, 2.05) is 19.9 Å². The maximum Gasteiger partial charge on any atom is 0.356 e. The molecule has 9 nitrogen and oxygen atoms in total. The summed E-state index contributed by atoms with van der Waals surface area (Å²) in [6.07, 6.45) is 3.34. The molecule has 0 unspecified atom stereocenters. The van der Waals surface area contributed by atoms with E-state index in [-0.39, 0.29) is 16.4 Å². The number of carboxylic acid groups (broad SMARTS) is 1. The van der Waals surface area contributed by atoms with Gasteiger partial charge in [0.25, 0.3) is 5.56 Å². The van der Waals surface area contributed by atoms with Crippen LogP contribution in [0.1, 0.15) is 40.1 Å². The lowest BCUT2D eigenvalue weighted by Gasteiger charge is -2.20. The summed E-state index contributed by atoms with van der Waals surface area (Å²) in [7, 11) is 1.53. The van der Waals surface area contributed by atoms with E-state index in [1.54, 1.807) is 37.5 Å². The molecule has 2 N–H and O–H groups in total. The average Bonchev–Trinajstić information content (AvgIpc) is 2.82. The fourth-order valence-electron chi connectivity index (χ4n) is 3.76. The average molecular weight is 480 g/mol. The maximum absolute atomic E-state index is 13.3. The first kappa shape index (κ1) is 23.2. The summed E-state index contributed by atoms with van der Waals surface area (Å²) in [5.74, 6) is -0.746. The van der Waals surface area contributed by atoms with Gasteiger partial charge in [-0.15, -0.1) is 0 Å². The van der Waals surface area contributed by atoms with Crippen LogP contribution in [-0.4, -0.2) is 37.5 Å². The number of hydrogen-bond donors (Lipinski definition) is 2. The molecule has 0 spiro atoms. The first-order valence-corrected chi connectivity index (χ1v) is 10.8. The first-order chi connectivity index (χ1) is 16.2. The van der Waals surface area contributed by atoms with Crippen LogP contribution in [-0.2, 0) is 0 Å². The Morgan fingerprint density at radius 3 is 2.62 bits per heavy atom. The van der Waals surface area contributed by atoms with Gasteiger partial charge >= 0.3 is 5.97 Å². The minimum Gasteiger partial charge on any atom is -0.481 e. The van der Waals surface area contributed by atoms with Crippen molar-refractivity contribution in [2.45, 2.75) is 26.8 Å². The number of aryl methyl sites for hydroxylation is 1. The second-order valence-corrected chi connectivity index (χ2v) is 8.23. The fourth-order valence-corrected chi connectivity index (χ4v) is 3.91. The standard InChI is InChI=1S/C24H22ClN5O4/c1-12-9-16(14(3)27-17-6-7-18(25)28-21(17)24(32)33)22-29-20(13(2)23(31)30(22)11-12)15-5-8-19(34-4)26-10-15/h5-11,14,27H,1-4H3,(H,32,33)/t14-/m1/s1. The lowest BCUT2D eigenvalue weighted by atomic mass is 10.1. The zero-order chi connectivity index (χ0) is 24.6. The molecule has 0 saturated carbocycles. The Bertz CT molecular complexity index is 1470. The molecule has 0 fully saturated rings. The van der Waals surface area contributed by atoms with Crippen molar-refractivity contribution in [3.8, 4) is 17.1 Å². The zero-order valence-corrected chi connectivity index (χ0v) is 19.7. The second-order valence-electron chi connectivity index (χ2n) is 7.85. The van der Waals surface area contributed by atoms with Crippen molar-refractivity contribution in [3.05, 3.63) is 80.6 Å². The summed E-state index contributed by atoms with van der Waals surface area (Å²) in [5, 5.41) is 12.8. The highest BCUT2D eigenvalue weighted by Gasteiger charge is 2.20. The Morgan fingerprint density at radius 2 is 1.97 bits per heavy atom. The van der Waals surface area contributed by atoms with E-state index >= 15 is 0 Å². The lowest BCUT2D eigenvalue weighted by molar-refractivity contribution is 0.0691. The molecule has 4 aromatic heterocycles. The molecule has 0 aliphatic carbocycles. The topological polar surface area (TPSA) is 119 Å². The van der Waals surface area contributed by atoms with Crippen molar-refractivity contribution in [3.63, 3.8) is 0 Å². The number of ether oxygens (including phenoxy) is 1. The second kappa shape index (κ2) is 9.11. The molecule has 1 atom stereocenters. The van der Waals surface area contributed by atoms with Gasteiger partial charge in [0.15, 0.2) is 5.69 Å². The third-order valence-corrected chi connectivity index (χ3v) is 5.65. The Morgan fingerprint density at radius 1 is 1.21 bits per heavy atom. The van der Waals surface area contributed by atoms with Crippen LogP contribution in [0.5, 0.6) is 5.88 Å². The molecule has 34 heavy (non-hydrogen) atoms. The number of carboxylic acids is 1. The first-order valence-electron chi connectivity index (χ1n) is 10.4. The van der Waals surface area contributed by atoms with Gasteiger partial charge in [-0.25, -0.2) is 19.7 Å². The number of fused-ring (bicyclic) bond motifs is 1. The molecule has 0 aliphatic rings. The number of anilines is 1. The molecule has 4 rings (SSSR count). The van der Waals surface area contributed by atoms with Crippen LogP contribution >= 0.6 is 11.6 Å². The number of pyridine rings is 3. The van der Waals surface area contributed by atoms with Crippen molar-refractivity contribution in [2.24, 2.45) is 0 Å². The number of rotatable bonds is 6. The molecule has 0 aromatic carbocycles. The number of nitrogens with zero attached hydrogens (tertiary/aromatic N) is 4. The molecule has 4 heterocycles. The minimum atomic E-state index is -1.20. The summed E-state index contributed by atoms with van der Waals surface area (Å²) in [6, 6.07) is 8.08. The molecule has 174 valence electrons. The van der Waals surface area contributed by atoms with Gasteiger partial charge in [0, 0.05) is 35.2 Å². The number of halogens is 1. The third kappa shape index (κ3) is 4.29. The molecule has 0 radical (unpaired) electrons. The van der Waals surface area contributed by atoms with Crippen molar-refractivity contribution in [1.82, 2.24) is 19.4 Å². The predicted octanol–water partition coefficient (Wildman–Crippen LogP) is 4.30. The Balaban J connectivity index is 1.87. The van der Waals surface area contributed by atoms with Gasteiger partial charge in [-0.1, -0.05) is 11.6 Å². The molecular weight excluding hydrogens is 458 g/mol. The molecule has 0 aliphatic heterocycles. The maximum atomic E-state index is 13.3. The molecular formula is C24H22ClN5O4. The summed E-state index contributed by atoms with van der Waals surface area (Å²) in [5.41, 5.74) is 3.60. The van der Waals surface area contributed by atoms with Crippen LogP contribution in [0, 0.1) is 13.8 Å². The SMILES string of the molecule is COc1ccc(-c2nc3c([C@@H](C)Nc4ccc(Cl)nc4C(=O)O)cc(C)cn3c(=O)c2C)cn1. The normalized spacial score (nSPS) is 11.9. The van der Waals surface area contributed by atoms with Gasteiger partial charge in [-0.05, 0) is 50.6 Å². The lowest BCUT2D eigenvalue weighted by Crippen LogP contribution is -2.22. The van der Waals surface area contributed by atoms with E-state index in [9.17, 15) is 14.7 Å². The van der Waals surface area contributed by atoms with Gasteiger partial charge < -0.3 is 15.2 Å². The highest BCUT2D eigenvalue weighted by Crippen LogP contribution is 2.28. The van der Waals surface area contributed by atoms with Gasteiger partial charge in [0.05, 0.1) is 24.5 Å². The summed E-state index contributed by atoms with van der Waals surface area (Å²) in [4.78, 5) is 37.9. The largest absolute Gasteiger partial charge is 0.481 e. The quantitative estimate of drug-likeness (QED) is 0.393. The van der Waals surface area contributed by atoms with Crippen molar-refractivity contribution < 1.29 is 14.6 Å². The van der Waals surface area contributed by atoms with Crippen LogP contribution in [0.25, 0.3) is 16.9 Å². The number of carbonyl (C=O) groups is 1. The van der Waals surface area contributed by atoms with Crippen LogP contribution in [0.15, 0.2) is 47.5 Å². The van der Waals surface area contributed by atoms with Gasteiger partial charge in [-0.2, -0.15) is 0 Å². The van der Waals surface area contributed by atoms with Crippen LogP contribution < -0.4 is 15.6 Å². The molecule has 10 heteroatoms. The summed E-state index contributed by atoms with van der Waals surface area (Å²) < 4.78 is 6.63. The van der Waals surface area contributed by atoms with Crippen LogP contribution in [0.4, 0.5) is 5.69 Å². The number of methoxy groups -OCH3 is 1. The van der Waals surface area contributed by atoms with Gasteiger partial charge in [0.2, 0.25) is 5.88 Å². The van der Waals surface area contributed by atoms with E-state index in [0.29, 0.717) is 39.6 Å². The number of hydrogen-bond acceptors (Lipinski definition) is 7. The number of aromatic nitrogens is 4. The fraction of sp³-hybridized carbons (Fsp3) is 0.208. The Hall–Kier alpha value is -3.98. The van der Waals surface area contributed by atoms with E-state index < -0.39 is 12.0 Å². The zero-order valence-electron chi connectivity index (χ0n) is 19.0. The van der Waals surface area contributed by atoms with Crippen LogP contribution in [0.2, 0.25) is 5.15 Å². The van der Waals surface area contributed by atoms with Gasteiger partial charge in [0.1, 0.15) is 10.8 Å². The van der Waals surface area contributed by atoms with E-state index in [1.165, 1.54) is 17.6 Å². The summed E-state index contributed by atoms with van der Waals surface area (Å²) in [6.45, 7) is 5.46. The highest BCUT2D eigenvalue weighted by atomic mass is 35.5. The number of aromatic carboxylic acids is 1. The molecule has 0 bridgehead atoms. The molecule has 4 aromatic rings. The monoisotopic (exact) mass is 479 g/mol. The highest BCUT2D eigenvalue weighted by molar-refractivity contribution is 6.29. The number of nitrogens with one attached hydrogen (secondary N) is 1. The van der Waals surface area contributed by atoms with E-state index in [2.05, 4.69) is 15.3 Å². The molecule has 0 saturated heterocycles. The molecule has 0 amide bonds. The summed E-state index contributed by atoms with van der Waals surface area (Å²) >= 11 is 5.88. The van der Waals surface area contributed by atoms with Crippen LogP contribution in [0.3, 0.4) is 0 Å². The van der Waals surface area contributed by atoms with Gasteiger partial charge in [-0.3, -0.25) is 9.20 Å². The third-order valence-electron chi connectivity index (χ3n) is 5.44. The smallest absolute Gasteiger partial charge is 0.356 e. The van der Waals surface area contributed by atoms with E-state index in [0.717, 1.165) is 5.56 Å². The van der Waals surface area contributed by atoms with Crippen molar-refractivity contribution >= 4 is 28.9 Å². The van der Waals surface area contributed by atoms with Crippen molar-refractivity contribution in [1.29, 1.82) is 0 Å². The Kier molecular flexibility index (Phi) is 6.21.